The second-order valence-corrected chi connectivity index (χ2v) is 8.96. The normalized spacial score (nSPS) is 11.4. The molecule has 0 spiro atoms. The van der Waals surface area contributed by atoms with Crippen molar-refractivity contribution < 1.29 is 19.2 Å². The van der Waals surface area contributed by atoms with Gasteiger partial charge in [-0.2, -0.15) is 0 Å². The molecule has 0 aliphatic heterocycles. The molecule has 0 aliphatic carbocycles. The Kier molecular flexibility index (Phi) is 17.5. The summed E-state index contributed by atoms with van der Waals surface area (Å²) >= 11 is 0. The van der Waals surface area contributed by atoms with E-state index >= 15 is 0 Å². The highest BCUT2D eigenvalue weighted by Gasteiger charge is 2.14. The number of carbonyl (C=O) groups excluding carboxylic acids is 1. The number of rotatable bonds is 21. The van der Waals surface area contributed by atoms with E-state index in [9.17, 15) is 14.9 Å². The lowest BCUT2D eigenvalue weighted by Gasteiger charge is -2.04. The fraction of sp³-hybridized carbons (Fsp3) is 0.679. The van der Waals surface area contributed by atoms with E-state index in [0.29, 0.717) is 17.7 Å². The lowest BCUT2D eigenvalue weighted by atomic mass is 10.0. The third-order valence-electron chi connectivity index (χ3n) is 6.09. The van der Waals surface area contributed by atoms with Crippen LogP contribution in [0.25, 0.3) is 5.70 Å². The maximum absolute atomic E-state index is 11.9. The number of benzene rings is 1. The van der Waals surface area contributed by atoms with Gasteiger partial charge in [-0.1, -0.05) is 96.8 Å². The monoisotopic (exact) mass is 475 g/mol. The Hall–Kier alpha value is -2.37. The molecule has 0 atom stereocenters. The van der Waals surface area contributed by atoms with Gasteiger partial charge >= 0.3 is 5.97 Å². The highest BCUT2D eigenvalue weighted by atomic mass is 16.6. The molecule has 0 fully saturated rings. The molecule has 0 N–H and O–H groups in total. The molecule has 1 aromatic carbocycles. The number of ether oxygens (including phenoxy) is 2. The average molecular weight is 476 g/mol. The lowest BCUT2D eigenvalue weighted by Crippen LogP contribution is -2.06. The summed E-state index contributed by atoms with van der Waals surface area (Å²) in [7, 11) is 1.54. The van der Waals surface area contributed by atoms with E-state index in [-0.39, 0.29) is 18.3 Å². The number of hydrogen-bond donors (Lipinski definition) is 0. The number of nitro groups is 1. The Balaban J connectivity index is 2.03. The number of unbranched alkanes of at least 4 members (excludes halogenated alkanes) is 14. The van der Waals surface area contributed by atoms with E-state index in [1.54, 1.807) is 24.3 Å². The Morgan fingerprint density at radius 1 is 0.824 bits per heavy atom. The topological polar surface area (TPSA) is 78.7 Å². The molecule has 192 valence electrons. The van der Waals surface area contributed by atoms with Crippen molar-refractivity contribution >= 4 is 11.7 Å². The van der Waals surface area contributed by atoms with E-state index in [2.05, 4.69) is 6.92 Å². The van der Waals surface area contributed by atoms with Gasteiger partial charge in [-0.3, -0.25) is 14.9 Å². The summed E-state index contributed by atoms with van der Waals surface area (Å²) in [5, 5.41) is 11.3. The van der Waals surface area contributed by atoms with E-state index in [1.807, 2.05) is 0 Å². The minimum Gasteiger partial charge on any atom is -0.497 e. The van der Waals surface area contributed by atoms with Crippen molar-refractivity contribution in [1.82, 2.24) is 0 Å². The molecule has 0 unspecified atom stereocenters. The first-order valence-electron chi connectivity index (χ1n) is 13.2. The zero-order valence-corrected chi connectivity index (χ0v) is 21.4. The number of methoxy groups -OCH3 is 1. The zero-order valence-electron chi connectivity index (χ0n) is 21.4. The molecule has 1 rings (SSSR count). The summed E-state index contributed by atoms with van der Waals surface area (Å²) < 4.78 is 10.2. The predicted molar refractivity (Wildman–Crippen MR) is 138 cm³/mol. The molecule has 0 heterocycles. The second kappa shape index (κ2) is 20.0. The first kappa shape index (κ1) is 29.7. The van der Waals surface area contributed by atoms with Crippen LogP contribution in [0.5, 0.6) is 5.75 Å². The van der Waals surface area contributed by atoms with Crippen LogP contribution in [0.4, 0.5) is 0 Å². The minimum absolute atomic E-state index is 0.0811. The van der Waals surface area contributed by atoms with Gasteiger partial charge in [0.05, 0.1) is 17.6 Å². The van der Waals surface area contributed by atoms with E-state index in [0.717, 1.165) is 19.3 Å². The second-order valence-electron chi connectivity index (χ2n) is 8.96. The molecule has 0 bridgehead atoms. The number of esters is 1. The molecule has 0 saturated heterocycles. The molecule has 1 aromatic rings. The first-order chi connectivity index (χ1) is 16.6. The van der Waals surface area contributed by atoms with Crippen molar-refractivity contribution in [2.45, 2.75) is 110 Å². The molecule has 0 aromatic heterocycles. The van der Waals surface area contributed by atoms with Crippen LogP contribution in [-0.2, 0) is 9.53 Å². The predicted octanol–water partition coefficient (Wildman–Crippen LogP) is 8.12. The smallest absolute Gasteiger partial charge is 0.306 e. The maximum Gasteiger partial charge on any atom is 0.306 e. The van der Waals surface area contributed by atoms with Gasteiger partial charge in [0.1, 0.15) is 12.4 Å². The summed E-state index contributed by atoms with van der Waals surface area (Å²) in [4.78, 5) is 22.8. The van der Waals surface area contributed by atoms with E-state index in [1.165, 1.54) is 90.2 Å². The minimum atomic E-state index is -0.468. The quantitative estimate of drug-likeness (QED) is 0.0776. The number of carbonyl (C=O) groups is 1. The number of nitrogens with zero attached hydrogens (tertiary/aromatic N) is 1. The summed E-state index contributed by atoms with van der Waals surface area (Å²) in [6.45, 7) is 2.16. The number of hydrogen-bond acceptors (Lipinski definition) is 5. The molecule has 0 amide bonds. The molecular formula is C28H45NO5. The van der Waals surface area contributed by atoms with Gasteiger partial charge in [-0.05, 0) is 30.7 Å². The van der Waals surface area contributed by atoms with Crippen LogP contribution >= 0.6 is 0 Å². The fourth-order valence-corrected chi connectivity index (χ4v) is 3.99. The zero-order chi connectivity index (χ0) is 24.9. The average Bonchev–Trinajstić information content (AvgIpc) is 2.84. The van der Waals surface area contributed by atoms with Crippen LogP contribution in [0.2, 0.25) is 0 Å². The van der Waals surface area contributed by atoms with Gasteiger partial charge in [-0.15, -0.1) is 0 Å². The Morgan fingerprint density at radius 3 is 1.74 bits per heavy atom. The third kappa shape index (κ3) is 14.7. The van der Waals surface area contributed by atoms with Gasteiger partial charge < -0.3 is 9.47 Å². The first-order valence-corrected chi connectivity index (χ1v) is 13.2. The Morgan fingerprint density at radius 2 is 1.29 bits per heavy atom. The fourth-order valence-electron chi connectivity index (χ4n) is 3.99. The third-order valence-corrected chi connectivity index (χ3v) is 6.09. The molecule has 34 heavy (non-hydrogen) atoms. The van der Waals surface area contributed by atoms with Gasteiger partial charge in [-0.25, -0.2) is 0 Å². The maximum atomic E-state index is 11.9. The highest BCUT2D eigenvalue weighted by molar-refractivity contribution is 5.69. The van der Waals surface area contributed by atoms with Gasteiger partial charge in [0.25, 0.3) is 5.70 Å². The summed E-state index contributed by atoms with van der Waals surface area (Å²) in [5.74, 6) is 0.324. The molecule has 0 radical (unpaired) electrons. The van der Waals surface area contributed by atoms with Gasteiger partial charge in [0.15, 0.2) is 0 Å². The lowest BCUT2D eigenvalue weighted by molar-refractivity contribution is -0.375. The van der Waals surface area contributed by atoms with Crippen LogP contribution in [0.3, 0.4) is 0 Å². The van der Waals surface area contributed by atoms with Crippen molar-refractivity contribution in [2.75, 3.05) is 13.7 Å². The van der Waals surface area contributed by atoms with Crippen LogP contribution in [-0.4, -0.2) is 24.6 Å². The van der Waals surface area contributed by atoms with Crippen molar-refractivity contribution in [2.24, 2.45) is 0 Å². The largest absolute Gasteiger partial charge is 0.497 e. The SMILES string of the molecule is CCCCCCCCCCCCCCCCCC(=O)OCC=C(c1ccc(OC)cc1)[N+](=O)[O-]. The van der Waals surface area contributed by atoms with Gasteiger partial charge in [0, 0.05) is 12.5 Å². The highest BCUT2D eigenvalue weighted by Crippen LogP contribution is 2.19. The van der Waals surface area contributed by atoms with Crippen LogP contribution < -0.4 is 4.74 Å². The molecule has 6 heteroatoms. The van der Waals surface area contributed by atoms with Gasteiger partial charge in [0.2, 0.25) is 0 Å². The van der Waals surface area contributed by atoms with Crippen molar-refractivity contribution in [3.05, 3.63) is 46.0 Å². The summed E-state index contributed by atoms with van der Waals surface area (Å²) in [6, 6.07) is 6.56. The molecule has 6 nitrogen and oxygen atoms in total. The van der Waals surface area contributed by atoms with Crippen molar-refractivity contribution in [1.29, 1.82) is 0 Å². The van der Waals surface area contributed by atoms with E-state index in [4.69, 9.17) is 9.47 Å². The van der Waals surface area contributed by atoms with Crippen LogP contribution in [0.1, 0.15) is 115 Å². The Labute approximate surface area is 206 Å². The molecular weight excluding hydrogens is 430 g/mol. The summed E-state index contributed by atoms with van der Waals surface area (Å²) in [5.41, 5.74) is 0.367. The summed E-state index contributed by atoms with van der Waals surface area (Å²) in [6.07, 6.45) is 20.9. The standard InChI is InChI=1S/C28H45NO5/c1-3-4-5-6-7-8-9-10-11-12-13-14-15-16-17-18-28(30)34-24-23-27(29(31)32)25-19-21-26(33-2)22-20-25/h19-23H,3-18,24H2,1-2H3. The van der Waals surface area contributed by atoms with Crippen LogP contribution in [0, 0.1) is 10.1 Å². The van der Waals surface area contributed by atoms with E-state index < -0.39 is 4.92 Å². The molecule has 0 aliphatic rings. The molecule has 0 saturated carbocycles. The van der Waals surface area contributed by atoms with Crippen molar-refractivity contribution in [3.8, 4) is 5.75 Å². The van der Waals surface area contributed by atoms with Crippen LogP contribution in [0.15, 0.2) is 30.3 Å². The Bertz CT molecular complexity index is 699. The van der Waals surface area contributed by atoms with Crippen molar-refractivity contribution in [3.63, 3.8) is 0 Å².